The van der Waals surface area contributed by atoms with Crippen molar-refractivity contribution in [1.82, 2.24) is 4.90 Å². The maximum atomic E-state index is 13.9. The Kier molecular flexibility index (Phi) is 5.04. The highest BCUT2D eigenvalue weighted by molar-refractivity contribution is 9.10. The minimum atomic E-state index is -0.229. The fourth-order valence-corrected chi connectivity index (χ4v) is 3.24. The number of hydrogen-bond donors (Lipinski definition) is 0. The molecule has 0 spiro atoms. The van der Waals surface area contributed by atoms with E-state index in [9.17, 15) is 9.18 Å². The van der Waals surface area contributed by atoms with Crippen LogP contribution in [0.25, 0.3) is 0 Å². The van der Waals surface area contributed by atoms with E-state index in [0.29, 0.717) is 43.2 Å². The zero-order valence-corrected chi connectivity index (χ0v) is 14.9. The molecule has 6 heteroatoms. The summed E-state index contributed by atoms with van der Waals surface area (Å²) in [6.07, 6.45) is 0. The number of methoxy groups -OCH3 is 1. The first-order valence-corrected chi connectivity index (χ1v) is 8.51. The molecule has 24 heavy (non-hydrogen) atoms. The second-order valence-electron chi connectivity index (χ2n) is 5.58. The smallest absolute Gasteiger partial charge is 0.255 e. The summed E-state index contributed by atoms with van der Waals surface area (Å²) < 4.78 is 19.8. The third-order valence-corrected chi connectivity index (χ3v) is 4.86. The molecule has 0 unspecified atom stereocenters. The predicted molar refractivity (Wildman–Crippen MR) is 95.2 cm³/mol. The molecule has 1 aliphatic heterocycles. The second kappa shape index (κ2) is 7.21. The van der Waals surface area contributed by atoms with E-state index in [4.69, 9.17) is 4.74 Å². The molecule has 2 aromatic rings. The summed E-state index contributed by atoms with van der Waals surface area (Å²) in [5, 5.41) is 0. The third kappa shape index (κ3) is 3.38. The number of carbonyl (C=O) groups excluding carboxylic acids is 1. The van der Waals surface area contributed by atoms with Gasteiger partial charge in [-0.1, -0.05) is 12.1 Å². The molecule has 1 amide bonds. The van der Waals surface area contributed by atoms with Gasteiger partial charge in [0.1, 0.15) is 11.6 Å². The summed E-state index contributed by atoms with van der Waals surface area (Å²) in [5.74, 6) is 0.369. The van der Waals surface area contributed by atoms with Crippen molar-refractivity contribution in [2.75, 3.05) is 38.2 Å². The van der Waals surface area contributed by atoms with Gasteiger partial charge in [0.05, 0.1) is 18.4 Å². The van der Waals surface area contributed by atoms with Crippen LogP contribution in [-0.4, -0.2) is 44.1 Å². The van der Waals surface area contributed by atoms with Crippen molar-refractivity contribution in [2.24, 2.45) is 0 Å². The van der Waals surface area contributed by atoms with Gasteiger partial charge in [0.2, 0.25) is 0 Å². The van der Waals surface area contributed by atoms with Crippen LogP contribution in [0.1, 0.15) is 10.4 Å². The fraction of sp³-hybridized carbons (Fsp3) is 0.278. The zero-order chi connectivity index (χ0) is 17.1. The number of piperazine rings is 1. The number of halogens is 2. The first-order valence-electron chi connectivity index (χ1n) is 7.72. The standard InChI is InChI=1S/C18H18BrFN2O2/c1-24-13-6-7-15(19)14(12-13)18(23)22-10-8-21(9-11-22)17-5-3-2-4-16(17)20/h2-7,12H,8-11H2,1H3. The van der Waals surface area contributed by atoms with Crippen molar-refractivity contribution in [2.45, 2.75) is 0 Å². The number of amides is 1. The van der Waals surface area contributed by atoms with Crippen LogP contribution in [0.4, 0.5) is 10.1 Å². The van der Waals surface area contributed by atoms with E-state index >= 15 is 0 Å². The lowest BCUT2D eigenvalue weighted by Crippen LogP contribution is -2.49. The number of anilines is 1. The number of nitrogens with zero attached hydrogens (tertiary/aromatic N) is 2. The van der Waals surface area contributed by atoms with E-state index < -0.39 is 0 Å². The summed E-state index contributed by atoms with van der Waals surface area (Å²) in [6.45, 7) is 2.32. The molecule has 1 heterocycles. The molecule has 1 saturated heterocycles. The number of carbonyl (C=O) groups is 1. The quantitative estimate of drug-likeness (QED) is 0.800. The van der Waals surface area contributed by atoms with E-state index in [0.717, 1.165) is 4.47 Å². The molecule has 1 aliphatic rings. The van der Waals surface area contributed by atoms with Crippen LogP contribution in [-0.2, 0) is 0 Å². The molecular formula is C18H18BrFN2O2. The van der Waals surface area contributed by atoms with Crippen molar-refractivity contribution in [1.29, 1.82) is 0 Å². The van der Waals surface area contributed by atoms with E-state index in [1.807, 2.05) is 17.0 Å². The fourth-order valence-electron chi connectivity index (χ4n) is 2.82. The number of rotatable bonds is 3. The van der Waals surface area contributed by atoms with Gasteiger partial charge in [-0.2, -0.15) is 0 Å². The molecule has 0 saturated carbocycles. The number of ether oxygens (including phenoxy) is 1. The Morgan fingerprint density at radius 3 is 2.50 bits per heavy atom. The normalized spacial score (nSPS) is 14.6. The minimum Gasteiger partial charge on any atom is -0.497 e. The molecule has 4 nitrogen and oxygen atoms in total. The summed E-state index contributed by atoms with van der Waals surface area (Å²) in [5.41, 5.74) is 1.17. The molecule has 3 rings (SSSR count). The summed E-state index contributed by atoms with van der Waals surface area (Å²) in [6, 6.07) is 12.1. The lowest BCUT2D eigenvalue weighted by atomic mass is 10.1. The first-order chi connectivity index (χ1) is 11.6. The van der Waals surface area contributed by atoms with Crippen LogP contribution in [0.3, 0.4) is 0 Å². The Hall–Kier alpha value is -2.08. The average molecular weight is 393 g/mol. The number of hydrogen-bond acceptors (Lipinski definition) is 3. The van der Waals surface area contributed by atoms with Crippen molar-refractivity contribution in [3.8, 4) is 5.75 Å². The van der Waals surface area contributed by atoms with E-state index in [1.165, 1.54) is 6.07 Å². The summed E-state index contributed by atoms with van der Waals surface area (Å²) >= 11 is 3.42. The van der Waals surface area contributed by atoms with Crippen molar-refractivity contribution >= 4 is 27.5 Å². The first kappa shape index (κ1) is 16.8. The molecule has 0 aliphatic carbocycles. The Labute approximate surface area is 149 Å². The second-order valence-corrected chi connectivity index (χ2v) is 6.43. The van der Waals surface area contributed by atoms with Crippen LogP contribution >= 0.6 is 15.9 Å². The monoisotopic (exact) mass is 392 g/mol. The van der Waals surface area contributed by atoms with E-state index in [-0.39, 0.29) is 11.7 Å². The Bertz CT molecular complexity index is 746. The maximum absolute atomic E-state index is 13.9. The number of benzene rings is 2. The summed E-state index contributed by atoms with van der Waals surface area (Å²) in [4.78, 5) is 16.5. The van der Waals surface area contributed by atoms with Gasteiger partial charge >= 0.3 is 0 Å². The Balaban J connectivity index is 1.71. The van der Waals surface area contributed by atoms with Crippen LogP contribution in [0, 0.1) is 5.82 Å². The van der Waals surface area contributed by atoms with Crippen molar-refractivity contribution in [3.05, 3.63) is 58.3 Å². The van der Waals surface area contributed by atoms with Gasteiger partial charge in [-0.25, -0.2) is 4.39 Å². The highest BCUT2D eigenvalue weighted by Crippen LogP contribution is 2.25. The molecule has 0 N–H and O–H groups in total. The van der Waals surface area contributed by atoms with Gasteiger partial charge in [-0.05, 0) is 46.3 Å². The van der Waals surface area contributed by atoms with Crippen LogP contribution < -0.4 is 9.64 Å². The van der Waals surface area contributed by atoms with Gasteiger partial charge in [-0.3, -0.25) is 4.79 Å². The van der Waals surface area contributed by atoms with Crippen molar-refractivity contribution < 1.29 is 13.9 Å². The third-order valence-electron chi connectivity index (χ3n) is 4.16. The molecule has 0 atom stereocenters. The highest BCUT2D eigenvalue weighted by atomic mass is 79.9. The molecule has 0 bridgehead atoms. The molecular weight excluding hydrogens is 375 g/mol. The van der Waals surface area contributed by atoms with Gasteiger partial charge in [0.15, 0.2) is 0 Å². The van der Waals surface area contributed by atoms with E-state index in [2.05, 4.69) is 15.9 Å². The molecule has 126 valence electrons. The summed E-state index contributed by atoms with van der Waals surface area (Å²) in [7, 11) is 1.57. The maximum Gasteiger partial charge on any atom is 0.255 e. The van der Waals surface area contributed by atoms with E-state index in [1.54, 1.807) is 36.3 Å². The molecule has 0 radical (unpaired) electrons. The minimum absolute atomic E-state index is 0.0473. The van der Waals surface area contributed by atoms with Gasteiger partial charge < -0.3 is 14.5 Å². The van der Waals surface area contributed by atoms with Gasteiger partial charge in [-0.15, -0.1) is 0 Å². The highest BCUT2D eigenvalue weighted by Gasteiger charge is 2.25. The van der Waals surface area contributed by atoms with Gasteiger partial charge in [0, 0.05) is 30.7 Å². The zero-order valence-electron chi connectivity index (χ0n) is 13.3. The largest absolute Gasteiger partial charge is 0.497 e. The SMILES string of the molecule is COc1ccc(Br)c(C(=O)N2CCN(c3ccccc3F)CC2)c1. The van der Waals surface area contributed by atoms with Crippen molar-refractivity contribution in [3.63, 3.8) is 0 Å². The number of para-hydroxylation sites is 1. The predicted octanol–water partition coefficient (Wildman–Crippen LogP) is 3.56. The average Bonchev–Trinajstić information content (AvgIpc) is 2.62. The molecule has 0 aromatic heterocycles. The Morgan fingerprint density at radius 1 is 1.12 bits per heavy atom. The Morgan fingerprint density at radius 2 is 1.83 bits per heavy atom. The van der Waals surface area contributed by atoms with Crippen LogP contribution in [0.15, 0.2) is 46.9 Å². The molecule has 2 aromatic carbocycles. The lowest BCUT2D eigenvalue weighted by molar-refractivity contribution is 0.0745. The van der Waals surface area contributed by atoms with Crippen LogP contribution in [0.2, 0.25) is 0 Å². The topological polar surface area (TPSA) is 32.8 Å². The van der Waals surface area contributed by atoms with Crippen LogP contribution in [0.5, 0.6) is 5.75 Å². The van der Waals surface area contributed by atoms with Gasteiger partial charge in [0.25, 0.3) is 5.91 Å². The lowest BCUT2D eigenvalue weighted by Gasteiger charge is -2.36. The molecule has 1 fully saturated rings.